The van der Waals surface area contributed by atoms with Gasteiger partial charge in [0.2, 0.25) is 15.9 Å². The molecule has 3 aromatic rings. The summed E-state index contributed by atoms with van der Waals surface area (Å²) in [4.78, 5) is 30.0. The molecule has 2 atom stereocenters. The summed E-state index contributed by atoms with van der Waals surface area (Å²) < 4.78 is 75.6. The van der Waals surface area contributed by atoms with Gasteiger partial charge in [-0.05, 0) is 62.2 Å². The fourth-order valence-electron chi connectivity index (χ4n) is 6.32. The number of amides is 2. The molecule has 2 aromatic heterocycles. The Balaban J connectivity index is 1.31. The fraction of sp³-hybridized carbons (Fsp3) is 0.438. The van der Waals surface area contributed by atoms with Gasteiger partial charge >= 0.3 is 5.51 Å². The highest BCUT2D eigenvalue weighted by atomic mass is 32.2. The molecular weight excluding hydrogens is 670 g/mol. The molecule has 8 bridgehead atoms. The minimum atomic E-state index is -4.54. The van der Waals surface area contributed by atoms with Crippen molar-refractivity contribution >= 4 is 50.5 Å². The van der Waals surface area contributed by atoms with E-state index in [9.17, 15) is 31.2 Å². The Bertz CT molecular complexity index is 1880. The first kappa shape index (κ1) is 33.8. The molecule has 2 amide bonds. The van der Waals surface area contributed by atoms with Crippen molar-refractivity contribution in [3.8, 4) is 17.6 Å². The Kier molecular flexibility index (Phi) is 9.73. The number of carbonyl (C=O) groups is 2. The number of sulfonamides is 1. The van der Waals surface area contributed by atoms with Gasteiger partial charge in [0, 0.05) is 55.7 Å². The zero-order valence-corrected chi connectivity index (χ0v) is 27.7. The molecular formula is C32H35F3N6O5S2. The van der Waals surface area contributed by atoms with Crippen molar-refractivity contribution in [3.05, 3.63) is 53.7 Å². The van der Waals surface area contributed by atoms with Gasteiger partial charge in [-0.15, -0.1) is 0 Å². The molecule has 0 aliphatic carbocycles. The van der Waals surface area contributed by atoms with Crippen molar-refractivity contribution in [2.45, 2.75) is 35.8 Å². The van der Waals surface area contributed by atoms with Gasteiger partial charge in [-0.2, -0.15) is 13.2 Å². The fourth-order valence-corrected chi connectivity index (χ4v) is 8.01. The number of rotatable bonds is 2. The highest BCUT2D eigenvalue weighted by molar-refractivity contribution is 8.00. The van der Waals surface area contributed by atoms with Gasteiger partial charge < -0.3 is 29.6 Å². The van der Waals surface area contributed by atoms with Crippen LogP contribution in [0, 0.1) is 17.8 Å². The number of alkyl halides is 3. The average molecular weight is 705 g/mol. The van der Waals surface area contributed by atoms with Crippen molar-refractivity contribution in [3.63, 3.8) is 0 Å². The highest BCUT2D eigenvalue weighted by Crippen LogP contribution is 2.41. The summed E-state index contributed by atoms with van der Waals surface area (Å²) in [6.07, 6.45) is 3.52. The molecule has 9 rings (SSSR count). The Hall–Kier alpha value is -4.07. The van der Waals surface area contributed by atoms with Crippen LogP contribution in [0.4, 0.5) is 24.5 Å². The van der Waals surface area contributed by atoms with E-state index in [-0.39, 0.29) is 70.4 Å². The molecule has 6 aliphatic heterocycles. The van der Waals surface area contributed by atoms with Gasteiger partial charge in [-0.3, -0.25) is 9.59 Å². The Morgan fingerprint density at radius 2 is 1.81 bits per heavy atom. The SMILES string of the molecule is COc1cc2ccc1NCC#Cc1cc3c(cccn3c1SC(F)(F)F)NC1CCN(CC1)C(=O)[C@H]1CCN(CCS(=O)(=O)NC2=O)C1. The van der Waals surface area contributed by atoms with Crippen molar-refractivity contribution in [2.75, 3.05) is 62.8 Å². The van der Waals surface area contributed by atoms with E-state index in [1.54, 1.807) is 18.3 Å². The summed E-state index contributed by atoms with van der Waals surface area (Å²) >= 11 is -0.229. The van der Waals surface area contributed by atoms with Crippen molar-refractivity contribution in [2.24, 2.45) is 5.92 Å². The van der Waals surface area contributed by atoms with E-state index >= 15 is 0 Å². The number of aromatic nitrogens is 1. The summed E-state index contributed by atoms with van der Waals surface area (Å²) in [5.74, 6) is 4.67. The van der Waals surface area contributed by atoms with Gasteiger partial charge in [-0.1, -0.05) is 11.8 Å². The molecule has 11 nitrogen and oxygen atoms in total. The number of hydrogen-bond acceptors (Lipinski definition) is 9. The van der Waals surface area contributed by atoms with Crippen LogP contribution in [0.2, 0.25) is 0 Å². The third-order valence-corrected chi connectivity index (χ3v) is 10.8. The first-order chi connectivity index (χ1) is 22.9. The summed E-state index contributed by atoms with van der Waals surface area (Å²) in [5.41, 5.74) is -2.58. The van der Waals surface area contributed by atoms with Crippen LogP contribution in [-0.4, -0.2) is 98.1 Å². The third kappa shape index (κ3) is 7.79. The lowest BCUT2D eigenvalue weighted by molar-refractivity contribution is -0.136. The molecule has 256 valence electrons. The van der Waals surface area contributed by atoms with E-state index in [0.29, 0.717) is 62.3 Å². The van der Waals surface area contributed by atoms with Crippen LogP contribution in [0.3, 0.4) is 0 Å². The van der Waals surface area contributed by atoms with Gasteiger partial charge in [0.25, 0.3) is 5.91 Å². The standard InChI is InChI=1S/C32H35F3N6O5S2/c1-46-28-19-21-6-7-26(28)36-11-2-4-22-18-27-25(5-3-12-41(27)31(22)47-32(33,34)35)37-24-9-14-40(15-10-24)30(43)23-8-13-39(20-23)16-17-48(44,45)38-29(21)42/h3,5-7,12,18-19,23-24,36-37H,8-11,13-17,20H2,1H3,(H,38,42)/t23-/m0/s1. The molecule has 48 heavy (non-hydrogen) atoms. The van der Waals surface area contributed by atoms with E-state index in [0.717, 1.165) is 0 Å². The normalized spacial score (nSPS) is 23.3. The second-order valence-corrected chi connectivity index (χ2v) is 14.8. The van der Waals surface area contributed by atoms with Crippen molar-refractivity contribution in [1.29, 1.82) is 0 Å². The van der Waals surface area contributed by atoms with Crippen LogP contribution in [0.15, 0.2) is 47.6 Å². The van der Waals surface area contributed by atoms with Gasteiger partial charge in [0.1, 0.15) is 10.8 Å². The third-order valence-electron chi connectivity index (χ3n) is 8.74. The Labute approximate surface area is 280 Å². The molecule has 1 aromatic carbocycles. The number of halogens is 3. The quantitative estimate of drug-likeness (QED) is 0.270. The summed E-state index contributed by atoms with van der Waals surface area (Å²) in [6.45, 7) is 2.29. The van der Waals surface area contributed by atoms with Crippen LogP contribution in [0.1, 0.15) is 35.2 Å². The minimum absolute atomic E-state index is 0.00743. The number of hydrogen-bond donors (Lipinski definition) is 3. The maximum absolute atomic E-state index is 13.7. The molecule has 0 spiro atoms. The van der Waals surface area contributed by atoms with E-state index in [4.69, 9.17) is 4.74 Å². The number of ether oxygens (including phenoxy) is 1. The predicted octanol–water partition coefficient (Wildman–Crippen LogP) is 3.82. The number of thioether (sulfide) groups is 1. The molecule has 16 heteroatoms. The van der Waals surface area contributed by atoms with Crippen LogP contribution < -0.4 is 20.1 Å². The maximum atomic E-state index is 13.7. The monoisotopic (exact) mass is 704 g/mol. The molecule has 3 N–H and O–H groups in total. The van der Waals surface area contributed by atoms with E-state index in [1.807, 2.05) is 15.9 Å². The van der Waals surface area contributed by atoms with Gasteiger partial charge in [-0.25, -0.2) is 13.1 Å². The molecule has 0 saturated carbocycles. The number of pyridine rings is 1. The molecule has 2 fully saturated rings. The summed E-state index contributed by atoms with van der Waals surface area (Å²) in [5, 5.41) is 6.48. The van der Waals surface area contributed by atoms with Crippen LogP contribution >= 0.6 is 11.8 Å². The smallest absolute Gasteiger partial charge is 0.447 e. The number of nitrogens with zero attached hydrogens (tertiary/aromatic N) is 3. The van der Waals surface area contributed by atoms with Crippen LogP contribution in [0.25, 0.3) is 5.52 Å². The zero-order chi connectivity index (χ0) is 34.1. The lowest BCUT2D eigenvalue weighted by Crippen LogP contribution is -2.45. The number of benzene rings is 1. The predicted molar refractivity (Wildman–Crippen MR) is 177 cm³/mol. The molecule has 8 heterocycles. The maximum Gasteiger partial charge on any atom is 0.447 e. The van der Waals surface area contributed by atoms with E-state index in [2.05, 4.69) is 27.2 Å². The number of nitrogens with one attached hydrogen (secondary N) is 3. The Morgan fingerprint density at radius 3 is 2.56 bits per heavy atom. The average Bonchev–Trinajstić information content (AvgIpc) is 3.66. The number of piperidine rings is 1. The lowest BCUT2D eigenvalue weighted by Gasteiger charge is -2.34. The summed E-state index contributed by atoms with van der Waals surface area (Å²) in [6, 6.07) is 9.52. The van der Waals surface area contributed by atoms with Crippen molar-refractivity contribution in [1.82, 2.24) is 18.9 Å². The van der Waals surface area contributed by atoms with E-state index in [1.165, 1.54) is 29.7 Å². The first-order valence-corrected chi connectivity index (χ1v) is 18.0. The second-order valence-electron chi connectivity index (χ2n) is 11.9. The van der Waals surface area contributed by atoms with E-state index < -0.39 is 21.4 Å². The topological polar surface area (TPSA) is 124 Å². The van der Waals surface area contributed by atoms with Gasteiger partial charge in [0.15, 0.2) is 0 Å². The largest absolute Gasteiger partial charge is 0.495 e. The molecule has 0 radical (unpaired) electrons. The number of anilines is 2. The van der Waals surface area contributed by atoms with Crippen molar-refractivity contribution < 1.29 is 35.9 Å². The molecule has 1 unspecified atom stereocenters. The van der Waals surface area contributed by atoms with Crippen LogP contribution in [-0.2, 0) is 14.8 Å². The number of carbonyl (C=O) groups excluding carboxylic acids is 2. The molecule has 2 saturated heterocycles. The highest BCUT2D eigenvalue weighted by Gasteiger charge is 2.35. The Morgan fingerprint density at radius 1 is 1.02 bits per heavy atom. The van der Waals surface area contributed by atoms with Gasteiger partial charge in [0.05, 0.1) is 47.8 Å². The molecule has 6 aliphatic rings. The first-order valence-electron chi connectivity index (χ1n) is 15.5. The minimum Gasteiger partial charge on any atom is -0.495 e. The summed E-state index contributed by atoms with van der Waals surface area (Å²) in [7, 11) is -2.58. The lowest BCUT2D eigenvalue weighted by atomic mass is 10.0. The zero-order valence-electron chi connectivity index (χ0n) is 26.1. The van der Waals surface area contributed by atoms with Crippen LogP contribution in [0.5, 0.6) is 5.75 Å². The second kappa shape index (κ2) is 13.8. The number of methoxy groups -OCH3 is 1.